The van der Waals surface area contributed by atoms with Crippen LogP contribution < -0.4 is 11.1 Å². The van der Waals surface area contributed by atoms with E-state index in [-0.39, 0.29) is 25.0 Å². The van der Waals surface area contributed by atoms with Crippen molar-refractivity contribution in [1.82, 2.24) is 10.2 Å². The van der Waals surface area contributed by atoms with Crippen molar-refractivity contribution in [1.29, 1.82) is 0 Å². The van der Waals surface area contributed by atoms with Gasteiger partial charge in [0.25, 0.3) is 0 Å². The van der Waals surface area contributed by atoms with Gasteiger partial charge in [0.15, 0.2) is 0 Å². The van der Waals surface area contributed by atoms with Crippen molar-refractivity contribution in [3.05, 3.63) is 35.4 Å². The van der Waals surface area contributed by atoms with Gasteiger partial charge in [-0.3, -0.25) is 9.69 Å². The molecule has 1 aromatic carbocycles. The molecule has 1 aromatic rings. The Morgan fingerprint density at radius 3 is 2.56 bits per heavy atom. The zero-order valence-electron chi connectivity index (χ0n) is 9.77. The third kappa shape index (κ3) is 2.67. The fourth-order valence-corrected chi connectivity index (χ4v) is 1.64. The third-order valence-corrected chi connectivity index (χ3v) is 2.57. The number of carbonyl (C=O) groups excluding carboxylic acids is 2. The molecule has 5 nitrogen and oxygen atoms in total. The minimum absolute atomic E-state index is 0.0822. The van der Waals surface area contributed by atoms with Crippen molar-refractivity contribution in [3.63, 3.8) is 0 Å². The van der Waals surface area contributed by atoms with Crippen LogP contribution in [0.1, 0.15) is 11.1 Å². The number of nitrogens with one attached hydrogen (secondary N) is 1. The molecule has 1 aliphatic heterocycles. The molecule has 0 aromatic heterocycles. The molecule has 3 N–H and O–H groups in total. The summed E-state index contributed by atoms with van der Waals surface area (Å²) in [5.41, 5.74) is 7.03. The van der Waals surface area contributed by atoms with Gasteiger partial charge in [-0.1, -0.05) is 24.0 Å². The second kappa shape index (κ2) is 5.34. The molecule has 5 heteroatoms. The molecule has 0 aliphatic carbocycles. The first-order chi connectivity index (χ1) is 8.70. The highest BCUT2D eigenvalue weighted by atomic mass is 16.2. The highest BCUT2D eigenvalue weighted by Gasteiger charge is 2.28. The van der Waals surface area contributed by atoms with Gasteiger partial charge in [-0.05, 0) is 17.7 Å². The maximum absolute atomic E-state index is 11.4. The van der Waals surface area contributed by atoms with E-state index in [0.29, 0.717) is 6.54 Å². The Bertz CT molecular complexity index is 509. The molecule has 1 aliphatic rings. The van der Waals surface area contributed by atoms with E-state index >= 15 is 0 Å². The van der Waals surface area contributed by atoms with Gasteiger partial charge < -0.3 is 11.1 Å². The number of amides is 3. The van der Waals surface area contributed by atoms with E-state index in [9.17, 15) is 9.59 Å². The van der Waals surface area contributed by atoms with Crippen LogP contribution in [0, 0.1) is 11.8 Å². The van der Waals surface area contributed by atoms with Crippen LogP contribution in [0.15, 0.2) is 24.3 Å². The predicted molar refractivity (Wildman–Crippen MR) is 66.3 cm³/mol. The van der Waals surface area contributed by atoms with Crippen LogP contribution in [-0.4, -0.2) is 29.9 Å². The summed E-state index contributed by atoms with van der Waals surface area (Å²) in [6, 6.07) is 7.04. The fraction of sp³-hybridized carbons (Fsp3) is 0.231. The Morgan fingerprint density at radius 1 is 1.28 bits per heavy atom. The summed E-state index contributed by atoms with van der Waals surface area (Å²) in [5, 5.41) is 2.48. The summed E-state index contributed by atoms with van der Waals surface area (Å²) in [6.45, 7) is 0.693. The Kier molecular flexibility index (Phi) is 3.60. The van der Waals surface area contributed by atoms with E-state index in [1.165, 1.54) is 4.90 Å². The zero-order chi connectivity index (χ0) is 13.0. The van der Waals surface area contributed by atoms with Crippen molar-refractivity contribution >= 4 is 11.9 Å². The third-order valence-electron chi connectivity index (χ3n) is 2.57. The smallest absolute Gasteiger partial charge is 0.324 e. The molecule has 1 fully saturated rings. The Labute approximate surface area is 105 Å². The molecular formula is C13H13N3O2. The van der Waals surface area contributed by atoms with E-state index < -0.39 is 0 Å². The SMILES string of the molecule is NCC#Cc1ccc(CN2C(=O)CNC2=O)cc1. The van der Waals surface area contributed by atoms with Gasteiger partial charge in [0.1, 0.15) is 0 Å². The molecule has 18 heavy (non-hydrogen) atoms. The molecule has 0 radical (unpaired) electrons. The molecule has 0 unspecified atom stereocenters. The average Bonchev–Trinajstić information content (AvgIpc) is 2.70. The summed E-state index contributed by atoms with van der Waals surface area (Å²) in [4.78, 5) is 24.0. The van der Waals surface area contributed by atoms with Crippen molar-refractivity contribution in [2.45, 2.75) is 6.54 Å². The molecular weight excluding hydrogens is 230 g/mol. The van der Waals surface area contributed by atoms with E-state index in [1.54, 1.807) is 0 Å². The lowest BCUT2D eigenvalue weighted by Gasteiger charge is -2.11. The second-order valence-corrected chi connectivity index (χ2v) is 3.84. The minimum atomic E-state index is -0.341. The van der Waals surface area contributed by atoms with Crippen LogP contribution >= 0.6 is 0 Å². The van der Waals surface area contributed by atoms with Crippen molar-refractivity contribution in [3.8, 4) is 11.8 Å². The van der Waals surface area contributed by atoms with Crippen LogP contribution in [0.4, 0.5) is 4.79 Å². The maximum Gasteiger partial charge on any atom is 0.324 e. The summed E-state index contributed by atoms with van der Waals surface area (Å²) in [5.74, 6) is 5.47. The Balaban J connectivity index is 2.06. The number of benzene rings is 1. The van der Waals surface area contributed by atoms with Crippen LogP contribution in [-0.2, 0) is 11.3 Å². The van der Waals surface area contributed by atoms with E-state index in [4.69, 9.17) is 5.73 Å². The second-order valence-electron chi connectivity index (χ2n) is 3.84. The van der Waals surface area contributed by atoms with Gasteiger partial charge >= 0.3 is 6.03 Å². The largest absolute Gasteiger partial charge is 0.329 e. The molecule has 3 amide bonds. The molecule has 0 saturated carbocycles. The normalized spacial score (nSPS) is 14.2. The number of rotatable bonds is 2. The molecule has 0 atom stereocenters. The number of urea groups is 1. The first-order valence-electron chi connectivity index (χ1n) is 5.57. The number of hydrogen-bond donors (Lipinski definition) is 2. The first-order valence-corrected chi connectivity index (χ1v) is 5.57. The highest BCUT2D eigenvalue weighted by Crippen LogP contribution is 2.09. The van der Waals surface area contributed by atoms with Crippen molar-refractivity contribution < 1.29 is 9.59 Å². The molecule has 1 heterocycles. The van der Waals surface area contributed by atoms with Gasteiger partial charge in [0.05, 0.1) is 19.6 Å². The maximum atomic E-state index is 11.4. The predicted octanol–water partition coefficient (Wildman–Crippen LogP) is 0.0486. The van der Waals surface area contributed by atoms with Crippen LogP contribution in [0.2, 0.25) is 0 Å². The van der Waals surface area contributed by atoms with Crippen molar-refractivity contribution in [2.75, 3.05) is 13.1 Å². The van der Waals surface area contributed by atoms with Crippen LogP contribution in [0.5, 0.6) is 0 Å². The first kappa shape index (κ1) is 12.1. The number of imide groups is 1. The topological polar surface area (TPSA) is 75.4 Å². The van der Waals surface area contributed by atoms with Crippen molar-refractivity contribution in [2.24, 2.45) is 5.73 Å². The summed E-state index contributed by atoms with van der Waals surface area (Å²) < 4.78 is 0. The van der Waals surface area contributed by atoms with Crippen LogP contribution in [0.25, 0.3) is 0 Å². The minimum Gasteiger partial charge on any atom is -0.329 e. The number of carbonyl (C=O) groups is 2. The fourth-order valence-electron chi connectivity index (χ4n) is 1.64. The Hall–Kier alpha value is -2.32. The van der Waals surface area contributed by atoms with E-state index in [2.05, 4.69) is 17.2 Å². The summed E-state index contributed by atoms with van der Waals surface area (Å²) in [7, 11) is 0. The summed E-state index contributed by atoms with van der Waals surface area (Å²) in [6.07, 6.45) is 0. The van der Waals surface area contributed by atoms with E-state index in [0.717, 1.165) is 11.1 Å². The lowest BCUT2D eigenvalue weighted by Crippen LogP contribution is -2.30. The van der Waals surface area contributed by atoms with Gasteiger partial charge in [0, 0.05) is 5.56 Å². The molecule has 92 valence electrons. The molecule has 0 bridgehead atoms. The van der Waals surface area contributed by atoms with Gasteiger partial charge in [-0.25, -0.2) is 4.79 Å². The van der Waals surface area contributed by atoms with E-state index in [1.807, 2.05) is 24.3 Å². The highest BCUT2D eigenvalue weighted by molar-refractivity contribution is 6.01. The van der Waals surface area contributed by atoms with Gasteiger partial charge in [-0.2, -0.15) is 0 Å². The van der Waals surface area contributed by atoms with Gasteiger partial charge in [-0.15, -0.1) is 0 Å². The molecule has 1 saturated heterocycles. The zero-order valence-corrected chi connectivity index (χ0v) is 9.77. The summed E-state index contributed by atoms with van der Waals surface area (Å²) >= 11 is 0. The number of nitrogens with two attached hydrogens (primary N) is 1. The lowest BCUT2D eigenvalue weighted by atomic mass is 10.1. The number of hydrogen-bond acceptors (Lipinski definition) is 3. The number of nitrogens with zero attached hydrogens (tertiary/aromatic N) is 1. The lowest BCUT2D eigenvalue weighted by molar-refractivity contribution is -0.125. The monoisotopic (exact) mass is 243 g/mol. The quantitative estimate of drug-likeness (QED) is 0.569. The standard InChI is InChI=1S/C13H13N3O2/c14-7-1-2-10-3-5-11(6-4-10)9-16-12(17)8-15-13(16)18/h3-6H,7-9,14H2,(H,15,18). The van der Waals surface area contributed by atoms with Gasteiger partial charge in [0.2, 0.25) is 5.91 Å². The average molecular weight is 243 g/mol. The van der Waals surface area contributed by atoms with Crippen LogP contribution in [0.3, 0.4) is 0 Å². The molecule has 2 rings (SSSR count). The Morgan fingerprint density at radius 2 is 2.00 bits per heavy atom. The molecule has 0 spiro atoms.